The Hall–Kier alpha value is -0.900. The van der Waals surface area contributed by atoms with E-state index < -0.39 is 0 Å². The minimum absolute atomic E-state index is 0.168. The molecule has 0 amide bonds. The summed E-state index contributed by atoms with van der Waals surface area (Å²) < 4.78 is 1.98. The zero-order valence-electron chi connectivity index (χ0n) is 10.9. The van der Waals surface area contributed by atoms with E-state index in [0.717, 1.165) is 37.5 Å². The molecule has 0 saturated carbocycles. The van der Waals surface area contributed by atoms with E-state index in [2.05, 4.69) is 37.8 Å². The highest BCUT2D eigenvalue weighted by atomic mass is 15.3. The molecule has 92 valence electrons. The molecule has 0 aliphatic rings. The monoisotopic (exact) mass is 224 g/mol. The van der Waals surface area contributed by atoms with Crippen molar-refractivity contribution in [3.63, 3.8) is 0 Å². The Morgan fingerprint density at radius 3 is 2.44 bits per heavy atom. The van der Waals surface area contributed by atoms with Gasteiger partial charge in [0, 0.05) is 18.9 Å². The van der Waals surface area contributed by atoms with Crippen molar-refractivity contribution in [3.05, 3.63) is 11.6 Å². The lowest BCUT2D eigenvalue weighted by Crippen LogP contribution is -2.33. The maximum Gasteiger partial charge on any atom is 0.150 e. The van der Waals surface area contributed by atoms with Crippen molar-refractivity contribution >= 4 is 0 Å². The molecule has 4 heteroatoms. The van der Waals surface area contributed by atoms with E-state index in [0.29, 0.717) is 5.92 Å². The molecule has 0 fully saturated rings. The van der Waals surface area contributed by atoms with Gasteiger partial charge >= 0.3 is 0 Å². The second kappa shape index (κ2) is 5.99. The maximum atomic E-state index is 6.15. The summed E-state index contributed by atoms with van der Waals surface area (Å²) in [6.07, 6.45) is 2.91. The van der Waals surface area contributed by atoms with Gasteiger partial charge in [-0.1, -0.05) is 34.1 Å². The van der Waals surface area contributed by atoms with Crippen molar-refractivity contribution in [2.75, 3.05) is 0 Å². The van der Waals surface area contributed by atoms with Crippen molar-refractivity contribution in [3.8, 4) is 0 Å². The molecule has 0 saturated heterocycles. The van der Waals surface area contributed by atoms with Crippen molar-refractivity contribution in [1.82, 2.24) is 14.8 Å². The molecule has 2 atom stereocenters. The van der Waals surface area contributed by atoms with E-state index in [1.54, 1.807) is 0 Å². The normalized spacial score (nSPS) is 15.1. The Kier molecular flexibility index (Phi) is 4.93. The molecule has 1 rings (SSSR count). The Morgan fingerprint density at radius 2 is 1.94 bits per heavy atom. The van der Waals surface area contributed by atoms with Crippen LogP contribution >= 0.6 is 0 Å². The molecule has 2 N–H and O–H groups in total. The maximum absolute atomic E-state index is 6.15. The molecule has 4 nitrogen and oxygen atoms in total. The third-order valence-electron chi connectivity index (χ3n) is 3.18. The van der Waals surface area contributed by atoms with Gasteiger partial charge in [0.1, 0.15) is 5.82 Å². The van der Waals surface area contributed by atoms with E-state index in [9.17, 15) is 0 Å². The lowest BCUT2D eigenvalue weighted by Gasteiger charge is -2.18. The molecule has 0 aliphatic carbocycles. The summed E-state index contributed by atoms with van der Waals surface area (Å²) in [5, 5.41) is 4.48. The van der Waals surface area contributed by atoms with Crippen LogP contribution in [0.4, 0.5) is 0 Å². The van der Waals surface area contributed by atoms with Gasteiger partial charge in [-0.05, 0) is 5.92 Å². The van der Waals surface area contributed by atoms with Crippen LogP contribution in [-0.4, -0.2) is 20.8 Å². The smallest absolute Gasteiger partial charge is 0.150 e. The zero-order valence-corrected chi connectivity index (χ0v) is 10.9. The highest BCUT2D eigenvalue weighted by molar-refractivity contribution is 4.93. The molecule has 2 unspecified atom stereocenters. The SMILES string of the molecule is CCc1nc(CC)n(CC(N)C(C)CC)n1. The molecule has 0 bridgehead atoms. The highest BCUT2D eigenvalue weighted by Gasteiger charge is 2.14. The van der Waals surface area contributed by atoms with Crippen LogP contribution in [0.1, 0.15) is 45.8 Å². The van der Waals surface area contributed by atoms with E-state index in [1.165, 1.54) is 0 Å². The van der Waals surface area contributed by atoms with Crippen LogP contribution in [0.2, 0.25) is 0 Å². The van der Waals surface area contributed by atoms with Gasteiger partial charge in [0.25, 0.3) is 0 Å². The van der Waals surface area contributed by atoms with E-state index >= 15 is 0 Å². The quantitative estimate of drug-likeness (QED) is 0.801. The van der Waals surface area contributed by atoms with Crippen LogP contribution in [0.15, 0.2) is 0 Å². The Bertz CT molecular complexity index is 319. The summed E-state index contributed by atoms with van der Waals surface area (Å²) in [5.41, 5.74) is 6.15. The summed E-state index contributed by atoms with van der Waals surface area (Å²) in [6.45, 7) is 9.33. The third kappa shape index (κ3) is 3.04. The van der Waals surface area contributed by atoms with Gasteiger partial charge in [-0.25, -0.2) is 9.67 Å². The summed E-state index contributed by atoms with van der Waals surface area (Å²) >= 11 is 0. The average Bonchev–Trinajstić information content (AvgIpc) is 2.70. The van der Waals surface area contributed by atoms with Gasteiger partial charge in [0.2, 0.25) is 0 Å². The van der Waals surface area contributed by atoms with Gasteiger partial charge in [-0.2, -0.15) is 5.10 Å². The first-order valence-corrected chi connectivity index (χ1v) is 6.30. The number of nitrogens with two attached hydrogens (primary N) is 1. The van der Waals surface area contributed by atoms with Crippen LogP contribution in [0.25, 0.3) is 0 Å². The lowest BCUT2D eigenvalue weighted by molar-refractivity contribution is 0.375. The predicted molar refractivity (Wildman–Crippen MR) is 66.2 cm³/mol. The topological polar surface area (TPSA) is 56.7 Å². The largest absolute Gasteiger partial charge is 0.326 e. The Labute approximate surface area is 98.2 Å². The predicted octanol–water partition coefficient (Wildman–Crippen LogP) is 1.78. The first kappa shape index (κ1) is 13.2. The summed E-state index contributed by atoms with van der Waals surface area (Å²) in [5.74, 6) is 2.50. The van der Waals surface area contributed by atoms with Crippen LogP contribution in [-0.2, 0) is 19.4 Å². The van der Waals surface area contributed by atoms with Gasteiger partial charge in [0.15, 0.2) is 5.82 Å². The Morgan fingerprint density at radius 1 is 1.25 bits per heavy atom. The fourth-order valence-electron chi connectivity index (χ4n) is 1.67. The summed E-state index contributed by atoms with van der Waals surface area (Å²) in [4.78, 5) is 4.48. The number of aromatic nitrogens is 3. The Balaban J connectivity index is 2.75. The fourth-order valence-corrected chi connectivity index (χ4v) is 1.67. The highest BCUT2D eigenvalue weighted by Crippen LogP contribution is 2.09. The zero-order chi connectivity index (χ0) is 12.1. The van der Waals surface area contributed by atoms with E-state index in [1.807, 2.05) is 4.68 Å². The fraction of sp³-hybridized carbons (Fsp3) is 0.833. The molecule has 0 aromatic carbocycles. The molecule has 0 aliphatic heterocycles. The molecular formula is C12H24N4. The molecule has 1 aromatic heterocycles. The molecule has 0 spiro atoms. The molecular weight excluding hydrogens is 200 g/mol. The van der Waals surface area contributed by atoms with Crippen LogP contribution in [0.3, 0.4) is 0 Å². The van der Waals surface area contributed by atoms with Crippen molar-refractivity contribution in [1.29, 1.82) is 0 Å². The molecule has 1 heterocycles. The molecule has 16 heavy (non-hydrogen) atoms. The van der Waals surface area contributed by atoms with Gasteiger partial charge in [-0.15, -0.1) is 0 Å². The minimum Gasteiger partial charge on any atom is -0.326 e. The molecule has 0 radical (unpaired) electrons. The van der Waals surface area contributed by atoms with E-state index in [-0.39, 0.29) is 6.04 Å². The van der Waals surface area contributed by atoms with Gasteiger partial charge in [-0.3, -0.25) is 0 Å². The van der Waals surface area contributed by atoms with Crippen molar-refractivity contribution in [2.45, 2.75) is 59.5 Å². The van der Waals surface area contributed by atoms with Gasteiger partial charge in [0.05, 0.1) is 6.54 Å². The minimum atomic E-state index is 0.168. The number of nitrogens with zero attached hydrogens (tertiary/aromatic N) is 3. The van der Waals surface area contributed by atoms with Crippen LogP contribution in [0, 0.1) is 5.92 Å². The average molecular weight is 224 g/mol. The molecule has 1 aromatic rings. The number of hydrogen-bond acceptors (Lipinski definition) is 3. The van der Waals surface area contributed by atoms with Gasteiger partial charge < -0.3 is 5.73 Å². The van der Waals surface area contributed by atoms with Crippen LogP contribution < -0.4 is 5.73 Å². The van der Waals surface area contributed by atoms with Crippen molar-refractivity contribution in [2.24, 2.45) is 11.7 Å². The second-order valence-electron chi connectivity index (χ2n) is 4.38. The first-order valence-electron chi connectivity index (χ1n) is 6.30. The number of aryl methyl sites for hydroxylation is 2. The standard InChI is InChI=1S/C12H24N4/c1-5-9(4)10(13)8-16-12(7-3)14-11(6-2)15-16/h9-10H,5-8,13H2,1-4H3. The summed E-state index contributed by atoms with van der Waals surface area (Å²) in [7, 11) is 0. The number of hydrogen-bond donors (Lipinski definition) is 1. The second-order valence-corrected chi connectivity index (χ2v) is 4.38. The van der Waals surface area contributed by atoms with E-state index in [4.69, 9.17) is 5.73 Å². The number of rotatable bonds is 6. The van der Waals surface area contributed by atoms with Crippen molar-refractivity contribution < 1.29 is 0 Å². The van der Waals surface area contributed by atoms with Crippen LogP contribution in [0.5, 0.6) is 0 Å². The third-order valence-corrected chi connectivity index (χ3v) is 3.18. The first-order chi connectivity index (χ1) is 7.62. The lowest BCUT2D eigenvalue weighted by atomic mass is 10.0. The summed E-state index contributed by atoms with van der Waals surface area (Å²) in [6, 6.07) is 0.168.